The van der Waals surface area contributed by atoms with Crippen LogP contribution < -0.4 is 14.8 Å². The van der Waals surface area contributed by atoms with Gasteiger partial charge >= 0.3 is 5.95 Å². The fraction of sp³-hybridized carbons (Fsp3) is 0.250. The summed E-state index contributed by atoms with van der Waals surface area (Å²) in [4.78, 5) is 18.5. The van der Waals surface area contributed by atoms with Crippen LogP contribution >= 0.6 is 0 Å². The minimum atomic E-state index is 0.233. The molecule has 2 aromatic heterocycles. The second-order valence-electron chi connectivity index (χ2n) is 5.47. The number of aromatic amines is 1. The molecule has 118 valence electrons. The van der Waals surface area contributed by atoms with E-state index in [1.165, 1.54) is 0 Å². The van der Waals surface area contributed by atoms with Gasteiger partial charge < -0.3 is 10.2 Å². The third-order valence-corrected chi connectivity index (χ3v) is 3.25. The average molecular weight is 310 g/mol. The Labute approximate surface area is 135 Å². The Morgan fingerprint density at radius 1 is 1.13 bits per heavy atom. The quantitative estimate of drug-likeness (QED) is 0.706. The topological polar surface area (TPSA) is 73.6 Å². The van der Waals surface area contributed by atoms with E-state index < -0.39 is 0 Å². The first kappa shape index (κ1) is 15.0. The first-order valence-corrected chi connectivity index (χ1v) is 7.49. The Balaban J connectivity index is 2.03. The Kier molecular flexibility index (Phi) is 4.18. The van der Waals surface area contributed by atoms with Gasteiger partial charge in [-0.3, -0.25) is 4.98 Å². The number of benzene rings is 1. The van der Waals surface area contributed by atoms with Crippen LogP contribution in [0.1, 0.15) is 13.8 Å². The van der Waals surface area contributed by atoms with Gasteiger partial charge in [0.15, 0.2) is 6.33 Å². The number of H-pyrrole nitrogens is 1. The zero-order valence-corrected chi connectivity index (χ0v) is 13.4. The van der Waals surface area contributed by atoms with Crippen molar-refractivity contribution in [2.24, 2.45) is 0 Å². The number of nitrogens with one attached hydrogen (secondary N) is 2. The van der Waals surface area contributed by atoms with Crippen LogP contribution in [0.3, 0.4) is 0 Å². The SMILES string of the molecule is CC(C)Nc1nc(N(C)c2ccccc2)nc(-[n+]2cc[nH]c2)n1. The largest absolute Gasteiger partial charge is 0.396 e. The molecular weight excluding hydrogens is 290 g/mol. The molecule has 0 spiro atoms. The number of nitrogens with zero attached hydrogens (tertiary/aromatic N) is 5. The molecule has 0 amide bonds. The molecule has 23 heavy (non-hydrogen) atoms. The summed E-state index contributed by atoms with van der Waals surface area (Å²) in [5.74, 6) is 1.69. The second-order valence-corrected chi connectivity index (χ2v) is 5.47. The van der Waals surface area contributed by atoms with Crippen molar-refractivity contribution in [3.8, 4) is 5.95 Å². The van der Waals surface area contributed by atoms with E-state index >= 15 is 0 Å². The Hall–Kier alpha value is -2.96. The van der Waals surface area contributed by atoms with Crippen LogP contribution in [0.25, 0.3) is 5.95 Å². The number of hydrogen-bond acceptors (Lipinski definition) is 5. The van der Waals surface area contributed by atoms with Crippen molar-refractivity contribution in [2.75, 3.05) is 17.3 Å². The highest BCUT2D eigenvalue weighted by Crippen LogP contribution is 2.20. The molecule has 0 radical (unpaired) electrons. The summed E-state index contributed by atoms with van der Waals surface area (Å²) in [5, 5.41) is 3.24. The summed E-state index contributed by atoms with van der Waals surface area (Å²) in [6, 6.07) is 10.2. The summed E-state index contributed by atoms with van der Waals surface area (Å²) >= 11 is 0. The van der Waals surface area contributed by atoms with Crippen molar-refractivity contribution in [1.29, 1.82) is 0 Å². The van der Waals surface area contributed by atoms with Crippen LogP contribution in [0.2, 0.25) is 0 Å². The van der Waals surface area contributed by atoms with Crippen molar-refractivity contribution in [1.82, 2.24) is 19.9 Å². The van der Waals surface area contributed by atoms with Crippen LogP contribution in [-0.2, 0) is 0 Å². The van der Waals surface area contributed by atoms with Crippen LogP contribution in [0.15, 0.2) is 49.1 Å². The number of rotatable bonds is 5. The molecular formula is C16H20N7+. The van der Waals surface area contributed by atoms with Gasteiger partial charge in [0.2, 0.25) is 0 Å². The molecule has 0 aliphatic rings. The van der Waals surface area contributed by atoms with Crippen LogP contribution in [0.5, 0.6) is 0 Å². The maximum atomic E-state index is 4.57. The molecule has 0 atom stereocenters. The maximum absolute atomic E-state index is 4.57. The van der Waals surface area contributed by atoms with Gasteiger partial charge in [0, 0.05) is 18.8 Å². The predicted octanol–water partition coefficient (Wildman–Crippen LogP) is 2.06. The highest BCUT2D eigenvalue weighted by molar-refractivity contribution is 5.57. The number of hydrogen-bond donors (Lipinski definition) is 2. The van der Waals surface area contributed by atoms with E-state index in [0.717, 1.165) is 5.69 Å². The molecule has 7 nitrogen and oxygen atoms in total. The molecule has 3 rings (SSSR count). The van der Waals surface area contributed by atoms with Crippen molar-refractivity contribution in [3.05, 3.63) is 49.1 Å². The first-order chi connectivity index (χ1) is 11.1. The molecule has 0 saturated carbocycles. The van der Waals surface area contributed by atoms with Crippen molar-refractivity contribution < 1.29 is 4.57 Å². The van der Waals surface area contributed by atoms with Gasteiger partial charge in [-0.1, -0.05) is 28.2 Å². The third kappa shape index (κ3) is 3.45. The summed E-state index contributed by atoms with van der Waals surface area (Å²) in [7, 11) is 1.94. The molecule has 2 heterocycles. The first-order valence-electron chi connectivity index (χ1n) is 7.49. The zero-order chi connectivity index (χ0) is 16.2. The van der Waals surface area contributed by atoms with Crippen LogP contribution in [0.4, 0.5) is 17.6 Å². The van der Waals surface area contributed by atoms with E-state index in [1.807, 2.05) is 73.1 Å². The summed E-state index contributed by atoms with van der Waals surface area (Å²) in [6.45, 7) is 4.10. The molecule has 0 unspecified atom stereocenters. The molecule has 0 saturated heterocycles. The molecule has 0 aliphatic heterocycles. The van der Waals surface area contributed by atoms with E-state index in [-0.39, 0.29) is 6.04 Å². The van der Waals surface area contributed by atoms with Gasteiger partial charge in [-0.25, -0.2) is 0 Å². The molecule has 0 bridgehead atoms. The van der Waals surface area contributed by atoms with E-state index in [1.54, 1.807) is 6.33 Å². The van der Waals surface area contributed by atoms with Gasteiger partial charge in [0.1, 0.15) is 0 Å². The van der Waals surface area contributed by atoms with Gasteiger partial charge in [0.25, 0.3) is 11.9 Å². The minimum absolute atomic E-state index is 0.233. The summed E-state index contributed by atoms with van der Waals surface area (Å²) < 4.78 is 1.82. The molecule has 1 aromatic carbocycles. The Morgan fingerprint density at radius 2 is 1.91 bits per heavy atom. The smallest absolute Gasteiger partial charge is 0.341 e. The van der Waals surface area contributed by atoms with Gasteiger partial charge in [-0.2, -0.15) is 9.55 Å². The zero-order valence-electron chi connectivity index (χ0n) is 13.4. The molecule has 0 aliphatic carbocycles. The van der Waals surface area contributed by atoms with Crippen molar-refractivity contribution >= 4 is 17.6 Å². The lowest BCUT2D eigenvalue weighted by atomic mass is 10.3. The predicted molar refractivity (Wildman–Crippen MR) is 89.0 cm³/mol. The molecule has 7 heteroatoms. The van der Waals surface area contributed by atoms with E-state index in [2.05, 4.69) is 25.3 Å². The Bertz CT molecular complexity index is 753. The summed E-state index contributed by atoms with van der Waals surface area (Å²) in [6.07, 6.45) is 5.47. The lowest BCUT2D eigenvalue weighted by Gasteiger charge is -2.16. The van der Waals surface area contributed by atoms with Crippen molar-refractivity contribution in [3.63, 3.8) is 0 Å². The van der Waals surface area contributed by atoms with Crippen LogP contribution in [-0.4, -0.2) is 33.0 Å². The second kappa shape index (κ2) is 6.43. The highest BCUT2D eigenvalue weighted by atomic mass is 15.3. The fourth-order valence-corrected chi connectivity index (χ4v) is 2.12. The maximum Gasteiger partial charge on any atom is 0.396 e. The lowest BCUT2D eigenvalue weighted by Crippen LogP contribution is -2.32. The standard InChI is InChI=1S/C16H19N7/c1-12(2)18-14-19-15(22(3)13-7-5-4-6-8-13)21-16(20-14)23-10-9-17-11-23/h4-12H,1-3H3,(H,18,19,20,21)/p+1. The van der Waals surface area contributed by atoms with E-state index in [0.29, 0.717) is 17.8 Å². The highest BCUT2D eigenvalue weighted by Gasteiger charge is 2.19. The molecule has 3 aromatic rings. The van der Waals surface area contributed by atoms with Crippen LogP contribution in [0, 0.1) is 0 Å². The van der Waals surface area contributed by atoms with Crippen molar-refractivity contribution in [2.45, 2.75) is 19.9 Å². The number of anilines is 3. The lowest BCUT2D eigenvalue weighted by molar-refractivity contribution is -0.602. The van der Waals surface area contributed by atoms with Gasteiger partial charge in [-0.15, -0.1) is 0 Å². The Morgan fingerprint density at radius 3 is 2.57 bits per heavy atom. The fourth-order valence-electron chi connectivity index (χ4n) is 2.12. The molecule has 2 N–H and O–H groups in total. The van der Waals surface area contributed by atoms with Gasteiger partial charge in [-0.05, 0) is 26.0 Å². The number of para-hydroxylation sites is 1. The van der Waals surface area contributed by atoms with E-state index in [9.17, 15) is 0 Å². The molecule has 0 fully saturated rings. The van der Waals surface area contributed by atoms with E-state index in [4.69, 9.17) is 0 Å². The van der Waals surface area contributed by atoms with Gasteiger partial charge in [0.05, 0.1) is 12.4 Å². The average Bonchev–Trinajstić information content (AvgIpc) is 3.08. The number of imidazole rings is 1. The monoisotopic (exact) mass is 310 g/mol. The number of aromatic nitrogens is 5. The normalized spacial score (nSPS) is 10.8. The third-order valence-electron chi connectivity index (χ3n) is 3.25. The minimum Gasteiger partial charge on any atom is -0.341 e. The summed E-state index contributed by atoms with van der Waals surface area (Å²) in [5.41, 5.74) is 1.01.